The SMILES string of the molecule is C=CCCC(=O)OC[C@@H](NC(=O)[C@H]1[C@@H]2O[C@@]3(CC2Br)[C@@H]1C(=O)N([C@@H](CC)CO)[C@@H]3C(=O)N(CC=C)c1ccc(OC)cc1)c1ccccc1. The Balaban J connectivity index is 1.50. The quantitative estimate of drug-likeness (QED) is 0.150. The van der Waals surface area contributed by atoms with E-state index in [1.54, 1.807) is 43.5 Å². The van der Waals surface area contributed by atoms with Gasteiger partial charge in [-0.15, -0.1) is 13.2 Å². The van der Waals surface area contributed by atoms with Gasteiger partial charge >= 0.3 is 5.97 Å². The number of anilines is 1. The first-order valence-electron chi connectivity index (χ1n) is 16.6. The lowest BCUT2D eigenvalue weighted by Gasteiger charge is -2.39. The summed E-state index contributed by atoms with van der Waals surface area (Å²) in [5.41, 5.74) is -0.0523. The van der Waals surface area contributed by atoms with E-state index in [1.165, 1.54) is 9.80 Å². The largest absolute Gasteiger partial charge is 0.497 e. The van der Waals surface area contributed by atoms with Gasteiger partial charge in [-0.2, -0.15) is 0 Å². The number of hydrogen-bond acceptors (Lipinski definition) is 8. The molecule has 2 N–H and O–H groups in total. The third-order valence-corrected chi connectivity index (χ3v) is 10.6. The Bertz CT molecular complexity index is 1530. The van der Waals surface area contributed by atoms with E-state index in [0.717, 1.165) is 5.56 Å². The maximum Gasteiger partial charge on any atom is 0.306 e. The number of halogens is 1. The number of rotatable bonds is 16. The normalized spacial score (nSPS) is 26.4. The Labute approximate surface area is 295 Å². The second-order valence-electron chi connectivity index (χ2n) is 12.6. The van der Waals surface area contributed by atoms with Crippen LogP contribution in [0.4, 0.5) is 5.69 Å². The summed E-state index contributed by atoms with van der Waals surface area (Å²) >= 11 is 3.72. The molecule has 0 aromatic heterocycles. The highest BCUT2D eigenvalue weighted by Gasteiger charge is 2.77. The van der Waals surface area contributed by atoms with Gasteiger partial charge in [-0.3, -0.25) is 19.2 Å². The van der Waals surface area contributed by atoms with Crippen molar-refractivity contribution < 1.29 is 38.5 Å². The first-order chi connectivity index (χ1) is 23.6. The molecule has 3 amide bonds. The number of amides is 3. The van der Waals surface area contributed by atoms with Gasteiger partial charge < -0.3 is 34.4 Å². The summed E-state index contributed by atoms with van der Waals surface area (Å²) < 4.78 is 17.5. The first kappa shape index (κ1) is 36.3. The van der Waals surface area contributed by atoms with Crippen LogP contribution in [0.2, 0.25) is 0 Å². The summed E-state index contributed by atoms with van der Waals surface area (Å²) in [6, 6.07) is 13.6. The molecule has 3 fully saturated rings. The van der Waals surface area contributed by atoms with E-state index in [2.05, 4.69) is 34.4 Å². The molecule has 49 heavy (non-hydrogen) atoms. The lowest BCUT2D eigenvalue weighted by Crippen LogP contribution is -2.59. The van der Waals surface area contributed by atoms with E-state index in [1.807, 2.05) is 37.3 Å². The third-order valence-electron chi connectivity index (χ3n) is 9.78. The number of alkyl halides is 1. The Kier molecular flexibility index (Phi) is 11.6. The number of nitrogens with one attached hydrogen (secondary N) is 1. The number of carbonyl (C=O) groups excluding carboxylic acids is 4. The van der Waals surface area contributed by atoms with E-state index in [-0.39, 0.29) is 31.0 Å². The van der Waals surface area contributed by atoms with Gasteiger partial charge in [0.25, 0.3) is 5.91 Å². The minimum Gasteiger partial charge on any atom is -0.497 e. The van der Waals surface area contributed by atoms with Crippen LogP contribution in [-0.4, -0.2) is 89.2 Å². The van der Waals surface area contributed by atoms with Crippen LogP contribution in [0.25, 0.3) is 0 Å². The molecule has 0 aliphatic carbocycles. The number of benzene rings is 2. The van der Waals surface area contributed by atoms with Crippen molar-refractivity contribution >= 4 is 45.3 Å². The number of nitrogens with zero attached hydrogens (tertiary/aromatic N) is 2. The highest BCUT2D eigenvalue weighted by atomic mass is 79.9. The summed E-state index contributed by atoms with van der Waals surface area (Å²) in [7, 11) is 1.55. The van der Waals surface area contributed by atoms with Crippen molar-refractivity contribution in [2.24, 2.45) is 11.8 Å². The number of aliphatic hydroxyl groups excluding tert-OH is 1. The van der Waals surface area contributed by atoms with E-state index < -0.39 is 65.4 Å². The van der Waals surface area contributed by atoms with Crippen LogP contribution < -0.4 is 15.0 Å². The topological polar surface area (TPSA) is 135 Å². The van der Waals surface area contributed by atoms with Crippen molar-refractivity contribution in [2.75, 3.05) is 31.8 Å². The fraction of sp³-hybridized carbons (Fsp3) is 0.459. The zero-order valence-corrected chi connectivity index (χ0v) is 29.4. The average molecular weight is 739 g/mol. The lowest BCUT2D eigenvalue weighted by atomic mass is 9.70. The van der Waals surface area contributed by atoms with Crippen LogP contribution in [0.3, 0.4) is 0 Å². The van der Waals surface area contributed by atoms with Crippen molar-refractivity contribution in [3.05, 3.63) is 85.5 Å². The highest BCUT2D eigenvalue weighted by molar-refractivity contribution is 9.09. The zero-order valence-electron chi connectivity index (χ0n) is 27.8. The number of fused-ring (bicyclic) bond motifs is 1. The van der Waals surface area contributed by atoms with Crippen molar-refractivity contribution in [1.29, 1.82) is 0 Å². The molecule has 8 atom stereocenters. The Morgan fingerprint density at radius 2 is 1.88 bits per heavy atom. The fourth-order valence-corrected chi connectivity index (χ4v) is 8.40. The third kappa shape index (κ3) is 6.91. The van der Waals surface area contributed by atoms with Crippen LogP contribution in [0.5, 0.6) is 5.75 Å². The smallest absolute Gasteiger partial charge is 0.306 e. The Hall–Kier alpha value is -4.00. The summed E-state index contributed by atoms with van der Waals surface area (Å²) in [5.74, 6) is -3.02. The lowest BCUT2D eigenvalue weighted by molar-refractivity contribution is -0.146. The maximum atomic E-state index is 14.8. The van der Waals surface area contributed by atoms with Crippen LogP contribution in [0.1, 0.15) is 44.2 Å². The second-order valence-corrected chi connectivity index (χ2v) is 13.7. The second kappa shape index (κ2) is 15.7. The molecule has 3 heterocycles. The van der Waals surface area contributed by atoms with Gasteiger partial charge in [0.15, 0.2) is 0 Å². The van der Waals surface area contributed by atoms with Crippen LogP contribution in [0, 0.1) is 11.8 Å². The van der Waals surface area contributed by atoms with Crippen molar-refractivity contribution in [1.82, 2.24) is 10.2 Å². The molecule has 1 spiro atoms. The molecule has 2 bridgehead atoms. The molecule has 12 heteroatoms. The number of ether oxygens (including phenoxy) is 3. The molecule has 0 saturated carbocycles. The van der Waals surface area contributed by atoms with Crippen molar-refractivity contribution in [2.45, 2.75) is 67.3 Å². The van der Waals surface area contributed by atoms with Crippen LogP contribution in [0.15, 0.2) is 79.9 Å². The number of esters is 1. The molecule has 11 nitrogen and oxygen atoms in total. The van der Waals surface area contributed by atoms with Gasteiger partial charge in [-0.25, -0.2) is 0 Å². The van der Waals surface area contributed by atoms with Gasteiger partial charge in [0.05, 0.1) is 43.7 Å². The number of likely N-dealkylation sites (tertiary alicyclic amines) is 1. The van der Waals surface area contributed by atoms with Gasteiger partial charge in [-0.05, 0) is 49.1 Å². The predicted molar refractivity (Wildman–Crippen MR) is 187 cm³/mol. The molecule has 262 valence electrons. The van der Waals surface area contributed by atoms with Gasteiger partial charge in [0, 0.05) is 23.5 Å². The first-order valence-corrected chi connectivity index (χ1v) is 17.5. The van der Waals surface area contributed by atoms with Crippen LogP contribution in [-0.2, 0) is 28.7 Å². The van der Waals surface area contributed by atoms with E-state index >= 15 is 0 Å². The Morgan fingerprint density at radius 3 is 2.49 bits per heavy atom. The van der Waals surface area contributed by atoms with Crippen LogP contribution >= 0.6 is 15.9 Å². The minimum atomic E-state index is -1.34. The summed E-state index contributed by atoms with van der Waals surface area (Å²) in [5, 5.41) is 13.5. The summed E-state index contributed by atoms with van der Waals surface area (Å²) in [6.07, 6.45) is 3.84. The van der Waals surface area contributed by atoms with Gasteiger partial charge in [0.2, 0.25) is 11.8 Å². The molecule has 2 aromatic rings. The zero-order chi connectivity index (χ0) is 35.3. The molecule has 2 aromatic carbocycles. The molecule has 0 radical (unpaired) electrons. The van der Waals surface area contributed by atoms with Crippen molar-refractivity contribution in [3.8, 4) is 5.75 Å². The molecular formula is C37H44BrN3O8. The van der Waals surface area contributed by atoms with E-state index in [0.29, 0.717) is 30.7 Å². The molecule has 1 unspecified atom stereocenters. The fourth-order valence-electron chi connectivity index (χ4n) is 7.46. The number of methoxy groups -OCH3 is 1. The molecule has 5 rings (SSSR count). The number of aliphatic hydroxyl groups is 1. The number of hydrogen-bond donors (Lipinski definition) is 2. The van der Waals surface area contributed by atoms with E-state index in [9.17, 15) is 24.3 Å². The molecule has 3 aliphatic heterocycles. The predicted octanol–water partition coefficient (Wildman–Crippen LogP) is 4.10. The molecule has 3 aliphatic rings. The molecular weight excluding hydrogens is 694 g/mol. The van der Waals surface area contributed by atoms with Gasteiger partial charge in [0.1, 0.15) is 24.0 Å². The minimum absolute atomic E-state index is 0.112. The number of allylic oxidation sites excluding steroid dienone is 1. The maximum absolute atomic E-state index is 14.8. The van der Waals surface area contributed by atoms with Crippen molar-refractivity contribution in [3.63, 3.8) is 0 Å². The monoisotopic (exact) mass is 737 g/mol. The van der Waals surface area contributed by atoms with E-state index in [4.69, 9.17) is 14.2 Å². The highest BCUT2D eigenvalue weighted by Crippen LogP contribution is 2.60. The average Bonchev–Trinajstić information content (AvgIpc) is 3.72. The summed E-state index contributed by atoms with van der Waals surface area (Å²) in [4.78, 5) is 58.8. The van der Waals surface area contributed by atoms with Gasteiger partial charge in [-0.1, -0.05) is 65.3 Å². The summed E-state index contributed by atoms with van der Waals surface area (Å²) in [6.45, 7) is 9.00. The Morgan fingerprint density at radius 1 is 1.16 bits per heavy atom. The standard InChI is InChI=1S/C37H44BrN3O8/c1-5-8-14-29(43)48-22-28(23-12-10-9-11-13-23)39-34(44)30-31-35(45)41(24(7-3)21-42)33(37(31)20-27(38)32(30)49-37)36(46)40(19-6-2)25-15-17-26(47-4)18-16-25/h5-6,9-13,15-18,24,27-28,30-33,42H,1-2,7-8,14,19-22H2,3-4H3,(H,39,44)/t24-,27?,28+,30+,31-,32+,33+,37-/m0/s1. The molecule has 3 saturated heterocycles. The number of carbonyl (C=O) groups is 4.